The van der Waals surface area contributed by atoms with Gasteiger partial charge in [0.15, 0.2) is 0 Å². The first kappa shape index (κ1) is 36.5. The number of phenolic OH excluding ortho intramolecular Hbond substituents is 1. The second-order valence-corrected chi connectivity index (χ2v) is 17.2. The number of rotatable bonds is 7. The Morgan fingerprint density at radius 3 is 2.09 bits per heavy atom. The van der Waals surface area contributed by atoms with E-state index in [1.807, 2.05) is 24.3 Å². The van der Waals surface area contributed by atoms with Crippen LogP contribution in [0.2, 0.25) is 0 Å². The first-order valence-corrected chi connectivity index (χ1v) is 20.8. The van der Waals surface area contributed by atoms with Crippen LogP contribution in [0.4, 0.5) is 5.69 Å². The second-order valence-electron chi connectivity index (χ2n) is 17.2. The van der Waals surface area contributed by atoms with Crippen molar-refractivity contribution in [1.29, 1.82) is 0 Å². The Morgan fingerprint density at radius 1 is 0.724 bits per heavy atom. The van der Waals surface area contributed by atoms with Crippen LogP contribution in [0, 0.1) is 11.8 Å². The molecule has 4 aromatic carbocycles. The minimum absolute atomic E-state index is 0.00273. The Balaban J connectivity index is 0.717. The standard InChI is InChI=1S/C47H47N5O6/c53-36-11-13-38-31(20-36)8-12-37(29-4-2-1-3-5-29)43(38)30-6-9-35(10-7-30)51-26-34(27-51)45(56)50-18-16-28(17-19-50)23-49-24-32-21-39-40(22-33(32)25-49)47(58)52(46(39)57)41-14-15-42(54)48-44(41)55/h1-7,9-11,13,20-22,28,34,37,41,43,53H,8,12,14-19,23-27H2,(H,48,54,55)/t37-,41?,43+/m1/s1. The van der Waals surface area contributed by atoms with Crippen molar-refractivity contribution in [2.75, 3.05) is 37.6 Å². The molecule has 58 heavy (non-hydrogen) atoms. The van der Waals surface area contributed by atoms with E-state index in [9.17, 15) is 29.1 Å². The van der Waals surface area contributed by atoms with Gasteiger partial charge in [0.2, 0.25) is 17.7 Å². The van der Waals surface area contributed by atoms with Crippen LogP contribution in [0.3, 0.4) is 0 Å². The Labute approximate surface area is 337 Å². The molecular weight excluding hydrogens is 731 g/mol. The highest BCUT2D eigenvalue weighted by Crippen LogP contribution is 2.47. The zero-order valence-electron chi connectivity index (χ0n) is 32.4. The summed E-state index contributed by atoms with van der Waals surface area (Å²) < 4.78 is 0. The predicted octanol–water partition coefficient (Wildman–Crippen LogP) is 5.35. The van der Waals surface area contributed by atoms with E-state index in [4.69, 9.17) is 0 Å². The number of piperidine rings is 2. The summed E-state index contributed by atoms with van der Waals surface area (Å²) in [7, 11) is 0. The first-order chi connectivity index (χ1) is 28.2. The number of likely N-dealkylation sites (tertiary alicyclic amines) is 1. The molecule has 11 nitrogen and oxygen atoms in total. The summed E-state index contributed by atoms with van der Waals surface area (Å²) in [6, 6.07) is 28.2. The predicted molar refractivity (Wildman–Crippen MR) is 216 cm³/mol. The molecule has 0 saturated carbocycles. The lowest BCUT2D eigenvalue weighted by Gasteiger charge is -2.44. The number of hydrogen-bond donors (Lipinski definition) is 2. The fourth-order valence-electron chi connectivity index (χ4n) is 10.5. The van der Waals surface area contributed by atoms with E-state index in [-0.39, 0.29) is 36.5 Å². The Morgan fingerprint density at radius 2 is 1.41 bits per heavy atom. The number of carbonyl (C=O) groups excluding carboxylic acids is 5. The van der Waals surface area contributed by atoms with Gasteiger partial charge in [-0.3, -0.25) is 39.1 Å². The molecule has 3 atom stereocenters. The Kier molecular flexibility index (Phi) is 9.15. The number of imide groups is 2. The third-order valence-electron chi connectivity index (χ3n) is 13.7. The topological polar surface area (TPSA) is 131 Å². The van der Waals surface area contributed by atoms with Crippen LogP contribution in [0.25, 0.3) is 0 Å². The van der Waals surface area contributed by atoms with Gasteiger partial charge in [-0.1, -0.05) is 48.5 Å². The second kappa shape index (κ2) is 14.5. The molecular formula is C47H47N5O6. The van der Waals surface area contributed by atoms with E-state index in [1.165, 1.54) is 22.3 Å². The third-order valence-corrected chi connectivity index (χ3v) is 13.7. The van der Waals surface area contributed by atoms with Crippen LogP contribution in [-0.2, 0) is 33.9 Å². The van der Waals surface area contributed by atoms with Gasteiger partial charge in [-0.25, -0.2) is 0 Å². The van der Waals surface area contributed by atoms with Crippen molar-refractivity contribution in [1.82, 2.24) is 20.0 Å². The molecule has 11 heteroatoms. The van der Waals surface area contributed by atoms with Gasteiger partial charge in [0.1, 0.15) is 11.8 Å². The molecule has 0 spiro atoms. The summed E-state index contributed by atoms with van der Waals surface area (Å²) in [6.45, 7) is 5.22. The molecule has 10 rings (SSSR count). The number of anilines is 1. The normalized spacial score (nSPS) is 23.7. The summed E-state index contributed by atoms with van der Waals surface area (Å²) in [5.74, 6) is -0.345. The smallest absolute Gasteiger partial charge is 0.262 e. The van der Waals surface area contributed by atoms with Crippen molar-refractivity contribution < 1.29 is 29.1 Å². The van der Waals surface area contributed by atoms with Gasteiger partial charge in [-0.15, -0.1) is 0 Å². The van der Waals surface area contributed by atoms with Gasteiger partial charge in [0.25, 0.3) is 11.8 Å². The average molecular weight is 778 g/mol. The lowest BCUT2D eigenvalue weighted by molar-refractivity contribution is -0.138. The van der Waals surface area contributed by atoms with E-state index in [2.05, 4.69) is 80.7 Å². The van der Waals surface area contributed by atoms with E-state index < -0.39 is 23.8 Å². The first-order valence-electron chi connectivity index (χ1n) is 20.8. The quantitative estimate of drug-likeness (QED) is 0.241. The fourth-order valence-corrected chi connectivity index (χ4v) is 10.5. The van der Waals surface area contributed by atoms with Crippen molar-refractivity contribution >= 4 is 35.2 Å². The lowest BCUT2D eigenvalue weighted by Crippen LogP contribution is -2.56. The van der Waals surface area contributed by atoms with E-state index in [0.717, 1.165) is 80.1 Å². The molecule has 3 fully saturated rings. The van der Waals surface area contributed by atoms with Gasteiger partial charge in [-0.2, -0.15) is 0 Å². The largest absolute Gasteiger partial charge is 0.508 e. The maximum absolute atomic E-state index is 13.6. The van der Waals surface area contributed by atoms with E-state index in [1.54, 1.807) is 0 Å². The fraction of sp³-hybridized carbons (Fsp3) is 0.383. The minimum atomic E-state index is -0.965. The zero-order valence-corrected chi connectivity index (χ0v) is 32.4. The SMILES string of the molecule is O=C1CCC(N2C(=O)c3cc4c(cc3C2=O)CN(CC2CCN(C(=O)C3CN(c5ccc([C@@H]6c7ccc(O)cc7CC[C@@H]6c6ccccc6)cc5)C3)CC2)C4)C(=O)N1. The van der Waals surface area contributed by atoms with Gasteiger partial charge in [0.05, 0.1) is 17.0 Å². The molecule has 1 unspecified atom stereocenters. The number of carbonyl (C=O) groups is 5. The van der Waals surface area contributed by atoms with E-state index >= 15 is 0 Å². The van der Waals surface area contributed by atoms with E-state index in [0.29, 0.717) is 41.8 Å². The van der Waals surface area contributed by atoms with Crippen molar-refractivity contribution in [3.8, 4) is 5.75 Å². The molecule has 4 aromatic rings. The summed E-state index contributed by atoms with van der Waals surface area (Å²) >= 11 is 0. The van der Waals surface area contributed by atoms with Crippen LogP contribution in [0.15, 0.2) is 84.9 Å². The highest BCUT2D eigenvalue weighted by molar-refractivity contribution is 6.23. The summed E-state index contributed by atoms with van der Waals surface area (Å²) in [4.78, 5) is 72.1. The molecule has 0 aromatic heterocycles. The zero-order chi connectivity index (χ0) is 39.7. The highest BCUT2D eigenvalue weighted by atomic mass is 16.3. The Bertz CT molecular complexity index is 2290. The number of phenols is 1. The van der Waals surface area contributed by atoms with Gasteiger partial charge < -0.3 is 14.9 Å². The van der Waals surface area contributed by atoms with Gasteiger partial charge in [-0.05, 0) is 114 Å². The number of aryl methyl sites for hydroxylation is 1. The van der Waals surface area contributed by atoms with Crippen molar-refractivity contribution in [3.05, 3.63) is 129 Å². The average Bonchev–Trinajstić information content (AvgIpc) is 3.72. The van der Waals surface area contributed by atoms with Crippen LogP contribution in [-0.4, -0.2) is 88.1 Å². The van der Waals surface area contributed by atoms with Crippen LogP contribution < -0.4 is 10.2 Å². The number of benzene rings is 4. The maximum Gasteiger partial charge on any atom is 0.262 e. The lowest BCUT2D eigenvalue weighted by atomic mass is 9.69. The monoisotopic (exact) mass is 777 g/mol. The van der Waals surface area contributed by atoms with Crippen LogP contribution in [0.5, 0.6) is 5.75 Å². The molecule has 5 amide bonds. The van der Waals surface area contributed by atoms with Crippen LogP contribution in [0.1, 0.15) is 98.0 Å². The highest BCUT2D eigenvalue weighted by Gasteiger charge is 2.46. The molecule has 1 aliphatic carbocycles. The van der Waals surface area contributed by atoms with Crippen molar-refractivity contribution in [2.24, 2.45) is 11.8 Å². The molecule has 6 aliphatic rings. The molecule has 0 bridgehead atoms. The molecule has 296 valence electrons. The summed E-state index contributed by atoms with van der Waals surface area (Å²) in [6.07, 6.45) is 4.09. The van der Waals surface area contributed by atoms with Gasteiger partial charge in [0, 0.05) is 63.8 Å². The third kappa shape index (κ3) is 6.45. The van der Waals surface area contributed by atoms with Crippen LogP contribution >= 0.6 is 0 Å². The number of nitrogens with one attached hydrogen (secondary N) is 1. The number of fused-ring (bicyclic) bond motifs is 3. The molecule has 5 aliphatic heterocycles. The molecule has 0 radical (unpaired) electrons. The number of nitrogens with zero attached hydrogens (tertiary/aromatic N) is 4. The van der Waals surface area contributed by atoms with Crippen molar-refractivity contribution in [3.63, 3.8) is 0 Å². The maximum atomic E-state index is 13.6. The Hall–Kier alpha value is -5.81. The number of aromatic hydroxyl groups is 1. The summed E-state index contributed by atoms with van der Waals surface area (Å²) in [5, 5.41) is 12.5. The number of amides is 5. The number of hydrogen-bond acceptors (Lipinski definition) is 8. The minimum Gasteiger partial charge on any atom is -0.508 e. The molecule has 3 saturated heterocycles. The molecule has 5 heterocycles. The summed E-state index contributed by atoms with van der Waals surface area (Å²) in [5.41, 5.74) is 8.98. The van der Waals surface area contributed by atoms with Gasteiger partial charge >= 0.3 is 0 Å². The van der Waals surface area contributed by atoms with Crippen molar-refractivity contribution in [2.45, 2.75) is 69.5 Å². The molecule has 2 N–H and O–H groups in total.